The van der Waals surface area contributed by atoms with Crippen LogP contribution in [0.3, 0.4) is 0 Å². The number of aryl methyl sites for hydroxylation is 3. The van der Waals surface area contributed by atoms with E-state index in [1.165, 1.54) is 35.1 Å². The number of hydrogen-bond acceptors (Lipinski definition) is 2. The van der Waals surface area contributed by atoms with E-state index in [1.807, 2.05) is 0 Å². The van der Waals surface area contributed by atoms with Gasteiger partial charge in [-0.3, -0.25) is 0 Å². The molecule has 0 aliphatic heterocycles. The van der Waals surface area contributed by atoms with Gasteiger partial charge in [-0.05, 0) is 78.7 Å². The van der Waals surface area contributed by atoms with Gasteiger partial charge in [0.25, 0.3) is 0 Å². The van der Waals surface area contributed by atoms with E-state index >= 15 is 0 Å². The maximum atomic E-state index is 3.70. The van der Waals surface area contributed by atoms with Crippen LogP contribution in [0.15, 0.2) is 35.0 Å². The third-order valence-electron chi connectivity index (χ3n) is 3.88. The molecule has 0 saturated heterocycles. The number of benzene rings is 1. The largest absolute Gasteiger partial charge is 0.310 e. The Morgan fingerprint density at radius 2 is 2.00 bits per heavy atom. The summed E-state index contributed by atoms with van der Waals surface area (Å²) in [5, 5.41) is 8.13. The molecule has 0 amide bonds. The normalized spacial score (nSPS) is 12.6. The molecule has 0 spiro atoms. The number of rotatable bonds is 7. The van der Waals surface area contributed by atoms with E-state index in [9.17, 15) is 0 Å². The Hall–Kier alpha value is -1.12. The zero-order chi connectivity index (χ0) is 14.4. The summed E-state index contributed by atoms with van der Waals surface area (Å²) in [5.74, 6) is 0. The summed E-state index contributed by atoms with van der Waals surface area (Å²) < 4.78 is 0. The second-order valence-corrected chi connectivity index (χ2v) is 6.30. The van der Waals surface area contributed by atoms with Crippen LogP contribution in [0.2, 0.25) is 0 Å². The van der Waals surface area contributed by atoms with Crippen LogP contribution in [-0.2, 0) is 6.42 Å². The molecule has 2 aromatic rings. The van der Waals surface area contributed by atoms with Gasteiger partial charge >= 0.3 is 0 Å². The average molecular weight is 287 g/mol. The zero-order valence-electron chi connectivity index (χ0n) is 12.8. The van der Waals surface area contributed by atoms with Crippen molar-refractivity contribution in [1.82, 2.24) is 5.32 Å². The fourth-order valence-electron chi connectivity index (χ4n) is 2.43. The van der Waals surface area contributed by atoms with Crippen molar-refractivity contribution in [2.24, 2.45) is 0 Å². The van der Waals surface area contributed by atoms with Gasteiger partial charge in [0.05, 0.1) is 0 Å². The lowest BCUT2D eigenvalue weighted by atomic mass is 9.96. The Balaban J connectivity index is 2.07. The first-order valence-electron chi connectivity index (χ1n) is 7.52. The van der Waals surface area contributed by atoms with Gasteiger partial charge in [0.15, 0.2) is 0 Å². The van der Waals surface area contributed by atoms with Crippen molar-refractivity contribution in [1.29, 1.82) is 0 Å². The van der Waals surface area contributed by atoms with Crippen molar-refractivity contribution in [2.75, 3.05) is 6.54 Å². The minimum atomic E-state index is 0.467. The van der Waals surface area contributed by atoms with E-state index in [0.29, 0.717) is 6.04 Å². The van der Waals surface area contributed by atoms with E-state index in [-0.39, 0.29) is 0 Å². The maximum Gasteiger partial charge on any atom is 0.0323 e. The molecule has 2 heteroatoms. The molecule has 0 aliphatic rings. The van der Waals surface area contributed by atoms with Gasteiger partial charge in [0.2, 0.25) is 0 Å². The van der Waals surface area contributed by atoms with E-state index in [0.717, 1.165) is 13.0 Å². The molecule has 0 fully saturated rings. The lowest BCUT2D eigenvalue weighted by molar-refractivity contribution is 0.499. The zero-order valence-corrected chi connectivity index (χ0v) is 13.6. The van der Waals surface area contributed by atoms with Gasteiger partial charge in [-0.1, -0.05) is 25.1 Å². The van der Waals surface area contributed by atoms with E-state index < -0.39 is 0 Å². The van der Waals surface area contributed by atoms with Gasteiger partial charge in [-0.15, -0.1) is 0 Å². The maximum absolute atomic E-state index is 3.70. The quantitative estimate of drug-likeness (QED) is 0.752. The highest BCUT2D eigenvalue weighted by atomic mass is 32.1. The van der Waals surface area contributed by atoms with Gasteiger partial charge < -0.3 is 5.32 Å². The Morgan fingerprint density at radius 1 is 1.15 bits per heavy atom. The fraction of sp³-hybridized carbons (Fsp3) is 0.444. The molecule has 1 nitrogen and oxygen atoms in total. The Morgan fingerprint density at radius 3 is 2.65 bits per heavy atom. The van der Waals surface area contributed by atoms with Crippen molar-refractivity contribution in [3.8, 4) is 0 Å². The molecule has 1 heterocycles. The number of hydrogen-bond donors (Lipinski definition) is 1. The summed E-state index contributed by atoms with van der Waals surface area (Å²) in [7, 11) is 0. The van der Waals surface area contributed by atoms with Gasteiger partial charge in [-0.2, -0.15) is 11.3 Å². The van der Waals surface area contributed by atoms with E-state index in [4.69, 9.17) is 0 Å². The predicted molar refractivity (Wildman–Crippen MR) is 89.6 cm³/mol. The molecule has 1 atom stereocenters. The molecule has 0 aliphatic carbocycles. The van der Waals surface area contributed by atoms with Crippen molar-refractivity contribution in [3.05, 3.63) is 57.3 Å². The molecule has 0 saturated carbocycles. The van der Waals surface area contributed by atoms with Crippen LogP contribution >= 0.6 is 11.3 Å². The molecule has 1 aromatic heterocycles. The lowest BCUT2D eigenvalue weighted by Gasteiger charge is -2.20. The second kappa shape index (κ2) is 7.61. The van der Waals surface area contributed by atoms with E-state index in [2.05, 4.69) is 61.1 Å². The molecule has 0 radical (unpaired) electrons. The molecule has 108 valence electrons. The second-order valence-electron chi connectivity index (χ2n) is 5.52. The molecule has 0 bridgehead atoms. The molecule has 1 N–H and O–H groups in total. The van der Waals surface area contributed by atoms with Crippen LogP contribution < -0.4 is 5.32 Å². The van der Waals surface area contributed by atoms with Crippen LogP contribution in [0.5, 0.6) is 0 Å². The summed E-state index contributed by atoms with van der Waals surface area (Å²) in [4.78, 5) is 0. The SMILES string of the molecule is CCCNC(CCc1ccsc1)c1ccc(C)c(C)c1. The molecule has 20 heavy (non-hydrogen) atoms. The molecular formula is C18H25NS. The summed E-state index contributed by atoms with van der Waals surface area (Å²) in [6, 6.07) is 9.58. The van der Waals surface area contributed by atoms with Crippen molar-refractivity contribution < 1.29 is 0 Å². The molecule has 2 rings (SSSR count). The van der Waals surface area contributed by atoms with Gasteiger partial charge in [0, 0.05) is 6.04 Å². The van der Waals surface area contributed by atoms with Crippen LogP contribution in [-0.4, -0.2) is 6.54 Å². The summed E-state index contributed by atoms with van der Waals surface area (Å²) in [6.45, 7) is 7.69. The first-order chi connectivity index (χ1) is 9.70. The molecular weight excluding hydrogens is 262 g/mol. The number of nitrogens with one attached hydrogen (secondary N) is 1. The first kappa shape index (κ1) is 15.3. The van der Waals surface area contributed by atoms with Crippen LogP contribution in [0, 0.1) is 13.8 Å². The van der Waals surface area contributed by atoms with E-state index in [1.54, 1.807) is 11.3 Å². The third-order valence-corrected chi connectivity index (χ3v) is 4.61. The minimum Gasteiger partial charge on any atom is -0.310 e. The average Bonchev–Trinajstić information content (AvgIpc) is 2.95. The van der Waals surface area contributed by atoms with Gasteiger partial charge in [-0.25, -0.2) is 0 Å². The topological polar surface area (TPSA) is 12.0 Å². The predicted octanol–water partition coefficient (Wildman–Crippen LogP) is 5.04. The Kier molecular flexibility index (Phi) is 5.81. The summed E-state index contributed by atoms with van der Waals surface area (Å²) in [5.41, 5.74) is 5.65. The highest BCUT2D eigenvalue weighted by Crippen LogP contribution is 2.22. The highest BCUT2D eigenvalue weighted by molar-refractivity contribution is 7.07. The molecule has 1 unspecified atom stereocenters. The van der Waals surface area contributed by atoms with Crippen LogP contribution in [0.25, 0.3) is 0 Å². The highest BCUT2D eigenvalue weighted by Gasteiger charge is 2.11. The lowest BCUT2D eigenvalue weighted by Crippen LogP contribution is -2.22. The Labute approximate surface area is 127 Å². The monoisotopic (exact) mass is 287 g/mol. The van der Waals surface area contributed by atoms with Crippen LogP contribution in [0.4, 0.5) is 0 Å². The standard InChI is InChI=1S/C18H25NS/c1-4-10-19-18(8-6-16-9-11-20-13-16)17-7-5-14(2)15(3)12-17/h5,7,9,11-13,18-19H,4,6,8,10H2,1-3H3. The Bertz CT molecular complexity index is 516. The first-order valence-corrected chi connectivity index (χ1v) is 8.46. The molecule has 1 aromatic carbocycles. The van der Waals surface area contributed by atoms with Crippen molar-refractivity contribution >= 4 is 11.3 Å². The smallest absolute Gasteiger partial charge is 0.0323 e. The van der Waals surface area contributed by atoms with Gasteiger partial charge in [0.1, 0.15) is 0 Å². The van der Waals surface area contributed by atoms with Crippen molar-refractivity contribution in [3.63, 3.8) is 0 Å². The summed E-state index contributed by atoms with van der Waals surface area (Å²) >= 11 is 1.79. The van der Waals surface area contributed by atoms with Crippen LogP contribution in [0.1, 0.15) is 48.1 Å². The minimum absolute atomic E-state index is 0.467. The third kappa shape index (κ3) is 4.19. The fourth-order valence-corrected chi connectivity index (χ4v) is 3.14. The van der Waals surface area contributed by atoms with Crippen molar-refractivity contribution in [2.45, 2.75) is 46.1 Å². The number of thiophene rings is 1. The summed E-state index contributed by atoms with van der Waals surface area (Å²) in [6.07, 6.45) is 3.50.